The van der Waals surface area contributed by atoms with Crippen LogP contribution < -0.4 is 30.1 Å². The van der Waals surface area contributed by atoms with Gasteiger partial charge in [-0.25, -0.2) is 20.1 Å². The maximum atomic E-state index is 16.4. The van der Waals surface area contributed by atoms with Crippen molar-refractivity contribution >= 4 is 98.6 Å². The standard InChI is InChI=1S/C53H51Cl4N5O6S/c1-4-6-7-8-12-23-48(63)58-35-25-26-40(55)43(31-35)59-51-53(69-36-17-10-9-11-18-36,52(64)62(60-51)50-41(56)29-34(54)30-42(50)57)61(44-27-24-33(3)28-47(44)66-5-2)49(68-65)32-39-37-19-13-15-21-45(37)67-46-22-16-14-20-38(39)46/h9-11,13-22,24-31,39,49,65H,4-8,12,23,32H2,1-3H3,(H,58,63)(H,59,60). The van der Waals surface area contributed by atoms with Crippen LogP contribution in [0.4, 0.5) is 22.7 Å². The number of anilines is 3. The van der Waals surface area contributed by atoms with Gasteiger partial charge >= 0.3 is 0 Å². The number of para-hydroxylation sites is 2. The summed E-state index contributed by atoms with van der Waals surface area (Å²) in [5.74, 6) is 0.465. The lowest BCUT2D eigenvalue weighted by molar-refractivity contribution is -0.280. The maximum Gasteiger partial charge on any atom is 0.290 e. The van der Waals surface area contributed by atoms with Crippen molar-refractivity contribution < 1.29 is 29.2 Å². The molecule has 6 aromatic rings. The van der Waals surface area contributed by atoms with Crippen molar-refractivity contribution in [1.82, 2.24) is 5.43 Å². The topological polar surface area (TPSA) is 125 Å². The number of carbonyl (C=O) groups excluding carboxylic acids is 2. The highest BCUT2D eigenvalue weighted by Crippen LogP contribution is 2.53. The van der Waals surface area contributed by atoms with Gasteiger partial charge in [-0.15, -0.1) is 0 Å². The fourth-order valence-electron chi connectivity index (χ4n) is 8.70. The molecule has 358 valence electrons. The van der Waals surface area contributed by atoms with E-state index in [0.29, 0.717) is 39.9 Å². The quantitative estimate of drug-likeness (QED) is 0.0315. The molecular formula is C53H51Cl4N5O6S. The average molecular weight is 1030 g/mol. The Morgan fingerprint density at radius 3 is 2.19 bits per heavy atom. The van der Waals surface area contributed by atoms with Gasteiger partial charge in [-0.1, -0.05) is 151 Å². The number of amides is 2. The summed E-state index contributed by atoms with van der Waals surface area (Å²) >= 11 is 28.6. The average Bonchev–Trinajstić information content (AvgIpc) is 3.59. The Bertz CT molecular complexity index is 2790. The van der Waals surface area contributed by atoms with Crippen LogP contribution in [0, 0.1) is 6.92 Å². The summed E-state index contributed by atoms with van der Waals surface area (Å²) in [4.78, 5) is 41.0. The number of nitrogens with one attached hydrogen (secondary N) is 2. The smallest absolute Gasteiger partial charge is 0.290 e. The van der Waals surface area contributed by atoms with Gasteiger partial charge in [0.2, 0.25) is 10.8 Å². The van der Waals surface area contributed by atoms with Crippen LogP contribution in [0.1, 0.15) is 81.4 Å². The van der Waals surface area contributed by atoms with Crippen molar-refractivity contribution in [1.29, 1.82) is 0 Å². The molecule has 2 aliphatic rings. The number of carbonyl (C=O) groups is 2. The van der Waals surface area contributed by atoms with E-state index in [-0.39, 0.29) is 56.2 Å². The molecular weight excluding hydrogens is 976 g/mol. The summed E-state index contributed by atoms with van der Waals surface area (Å²) in [7, 11) is 0. The van der Waals surface area contributed by atoms with Gasteiger partial charge in [-0.2, -0.15) is 0 Å². The van der Waals surface area contributed by atoms with Crippen LogP contribution in [0.15, 0.2) is 137 Å². The molecule has 2 aliphatic heterocycles. The fourth-order valence-corrected chi connectivity index (χ4v) is 11.2. The second-order valence-corrected chi connectivity index (χ2v) is 19.6. The number of ether oxygens (including phenoxy) is 2. The second-order valence-electron chi connectivity index (χ2n) is 16.7. The molecule has 16 heteroatoms. The summed E-state index contributed by atoms with van der Waals surface area (Å²) in [5.41, 5.74) is 6.98. The third kappa shape index (κ3) is 10.8. The van der Waals surface area contributed by atoms with Gasteiger partial charge in [0, 0.05) is 45.5 Å². The van der Waals surface area contributed by atoms with E-state index in [0.717, 1.165) is 60.6 Å². The van der Waals surface area contributed by atoms with E-state index < -0.39 is 22.9 Å². The van der Waals surface area contributed by atoms with E-state index in [4.69, 9.17) is 65.8 Å². The number of aliphatic imine (C=N–C) groups is 1. The molecule has 1 saturated heterocycles. The molecule has 1 fully saturated rings. The first-order valence-corrected chi connectivity index (χ1v) is 25.2. The molecule has 8 rings (SSSR count). The van der Waals surface area contributed by atoms with Gasteiger partial charge in [-0.3, -0.25) is 15.0 Å². The van der Waals surface area contributed by atoms with Crippen LogP contribution in [0.25, 0.3) is 0 Å². The first-order chi connectivity index (χ1) is 33.4. The number of fused-ring (bicyclic) bond motifs is 2. The van der Waals surface area contributed by atoms with Gasteiger partial charge in [-0.05, 0) is 92.6 Å². The number of halogens is 4. The van der Waals surface area contributed by atoms with Crippen LogP contribution >= 0.6 is 58.2 Å². The van der Waals surface area contributed by atoms with Crippen molar-refractivity contribution in [3.63, 3.8) is 0 Å². The number of unbranched alkanes of at least 4 members (excludes halogenated alkanes) is 4. The molecule has 2 heterocycles. The first-order valence-electron chi connectivity index (χ1n) is 22.8. The molecule has 2 amide bonds. The van der Waals surface area contributed by atoms with Gasteiger partial charge in [0.1, 0.15) is 22.9 Å². The van der Waals surface area contributed by atoms with Crippen molar-refractivity contribution in [3.05, 3.63) is 164 Å². The minimum absolute atomic E-state index is 0.0163. The van der Waals surface area contributed by atoms with Crippen LogP contribution in [0.5, 0.6) is 17.2 Å². The number of benzene rings is 6. The number of thioether (sulfide) groups is 1. The van der Waals surface area contributed by atoms with E-state index in [2.05, 4.69) is 17.7 Å². The maximum absolute atomic E-state index is 16.4. The predicted molar refractivity (Wildman–Crippen MR) is 279 cm³/mol. The molecule has 3 N–H and O–H groups in total. The number of nitrogens with zero attached hydrogens (tertiary/aromatic N) is 3. The molecule has 11 nitrogen and oxygen atoms in total. The van der Waals surface area contributed by atoms with Crippen LogP contribution in [-0.4, -0.2) is 40.6 Å². The minimum atomic E-state index is -2.05. The zero-order valence-electron chi connectivity index (χ0n) is 38.2. The number of hydrogen-bond acceptors (Lipinski definition) is 9. The molecule has 6 aromatic carbocycles. The predicted octanol–water partition coefficient (Wildman–Crippen LogP) is 15.0. The summed E-state index contributed by atoms with van der Waals surface area (Å²) in [6, 6.07) is 38.2. The molecule has 0 spiro atoms. The molecule has 2 atom stereocenters. The van der Waals surface area contributed by atoms with E-state index in [9.17, 15) is 10.1 Å². The molecule has 0 bridgehead atoms. The number of hydrazine groups is 1. The van der Waals surface area contributed by atoms with Gasteiger partial charge in [0.15, 0.2) is 12.1 Å². The number of hydrogen-bond donors (Lipinski definition) is 3. The van der Waals surface area contributed by atoms with Gasteiger partial charge < -0.3 is 19.7 Å². The van der Waals surface area contributed by atoms with Crippen LogP contribution in [-0.2, 0) is 14.5 Å². The van der Waals surface area contributed by atoms with Gasteiger partial charge in [0.05, 0.1) is 33.0 Å². The lowest BCUT2D eigenvalue weighted by Crippen LogP contribution is -2.61. The largest absolute Gasteiger partial charge is 0.492 e. The summed E-state index contributed by atoms with van der Waals surface area (Å²) in [6.45, 7) is 6.21. The summed E-state index contributed by atoms with van der Waals surface area (Å²) in [5, 5.41) is 16.4. The zero-order chi connectivity index (χ0) is 48.7. The Hall–Kier alpha value is -5.44. The number of rotatable bonds is 19. The molecule has 2 unspecified atom stereocenters. The Morgan fingerprint density at radius 2 is 1.52 bits per heavy atom. The van der Waals surface area contributed by atoms with Crippen molar-refractivity contribution in [3.8, 4) is 17.2 Å². The molecule has 0 aliphatic carbocycles. The highest BCUT2D eigenvalue weighted by molar-refractivity contribution is 8.02. The summed E-state index contributed by atoms with van der Waals surface area (Å²) in [6.07, 6.45) is 4.05. The van der Waals surface area contributed by atoms with Crippen molar-refractivity contribution in [2.75, 3.05) is 21.8 Å². The lowest BCUT2D eigenvalue weighted by atomic mass is 9.84. The van der Waals surface area contributed by atoms with E-state index in [1.807, 2.05) is 111 Å². The Kier molecular flexibility index (Phi) is 16.3. The normalized spacial score (nSPS) is 16.4. The Balaban J connectivity index is 1.38. The Labute approximate surface area is 426 Å². The monoisotopic (exact) mass is 1030 g/mol. The fraction of sp³-hybridized carbons (Fsp3) is 0.264. The lowest BCUT2D eigenvalue weighted by Gasteiger charge is -2.44. The highest BCUT2D eigenvalue weighted by Gasteiger charge is 2.62. The molecule has 0 saturated carbocycles. The third-order valence-electron chi connectivity index (χ3n) is 11.9. The summed E-state index contributed by atoms with van der Waals surface area (Å²) < 4.78 is 12.8. The number of amidine groups is 1. The third-order valence-corrected chi connectivity index (χ3v) is 14.4. The van der Waals surface area contributed by atoms with Gasteiger partial charge in [0.25, 0.3) is 5.91 Å². The first kappa shape index (κ1) is 50.0. The van der Waals surface area contributed by atoms with Crippen molar-refractivity contribution in [2.24, 2.45) is 4.99 Å². The Morgan fingerprint density at radius 1 is 0.855 bits per heavy atom. The zero-order valence-corrected chi connectivity index (χ0v) is 42.0. The van der Waals surface area contributed by atoms with E-state index >= 15 is 4.79 Å². The molecule has 0 aromatic heterocycles. The minimum Gasteiger partial charge on any atom is -0.492 e. The number of aryl methyl sites for hydroxylation is 1. The SMILES string of the molecule is CCCCCCCC(=O)Nc1ccc(Cl)c(N=C2NN(c3c(Cl)cc(Cl)cc3Cl)C(=O)C2(Sc2ccccc2)N(c2ccc(C)cc2OCC)C(CC2c3ccccc3Oc3ccccc32)OO)c1. The van der Waals surface area contributed by atoms with Crippen LogP contribution in [0.2, 0.25) is 20.1 Å². The van der Waals surface area contributed by atoms with Crippen LogP contribution in [0.3, 0.4) is 0 Å². The van der Waals surface area contributed by atoms with E-state index in [1.54, 1.807) is 23.1 Å². The molecule has 69 heavy (non-hydrogen) atoms. The highest BCUT2D eigenvalue weighted by atomic mass is 35.5. The van der Waals surface area contributed by atoms with E-state index in [1.165, 1.54) is 17.1 Å². The molecule has 0 radical (unpaired) electrons. The van der Waals surface area contributed by atoms with Crippen molar-refractivity contribution in [2.45, 2.75) is 87.6 Å². The second kappa shape index (κ2) is 22.5.